The van der Waals surface area contributed by atoms with Gasteiger partial charge in [0.05, 0.1) is 16.5 Å². The molecule has 0 spiro atoms. The number of carbonyl (C=O) groups is 2. The predicted molar refractivity (Wildman–Crippen MR) is 121 cm³/mol. The monoisotopic (exact) mass is 416 g/mol. The summed E-state index contributed by atoms with van der Waals surface area (Å²) in [6.07, 6.45) is 0.834. The highest BCUT2D eigenvalue weighted by atomic mass is 16.5. The lowest BCUT2D eigenvalue weighted by molar-refractivity contribution is 0.00429. The topological polar surface area (TPSA) is 52.6 Å². The molecule has 0 saturated carbocycles. The van der Waals surface area contributed by atoms with Gasteiger partial charge in [-0.25, -0.2) is 9.59 Å². The molecule has 160 valence electrons. The van der Waals surface area contributed by atoms with Crippen molar-refractivity contribution in [2.24, 2.45) is 5.92 Å². The Morgan fingerprint density at radius 3 is 1.48 bits per heavy atom. The molecule has 0 bridgehead atoms. The first kappa shape index (κ1) is 22.3. The molecule has 0 aromatic heterocycles. The lowest BCUT2D eigenvalue weighted by atomic mass is 9.71. The number of carbonyl (C=O) groups excluding carboxylic acids is 2. The zero-order valence-corrected chi connectivity index (χ0v) is 18.0. The van der Waals surface area contributed by atoms with Crippen molar-refractivity contribution in [2.45, 2.75) is 25.7 Å². The van der Waals surface area contributed by atoms with E-state index in [9.17, 15) is 9.59 Å². The lowest BCUT2D eigenvalue weighted by Crippen LogP contribution is -2.44. The van der Waals surface area contributed by atoms with Crippen LogP contribution in [-0.2, 0) is 14.9 Å². The van der Waals surface area contributed by atoms with Crippen LogP contribution in [-0.4, -0.2) is 25.2 Å². The van der Waals surface area contributed by atoms with Gasteiger partial charge in [-0.15, -0.1) is 0 Å². The molecule has 3 rings (SSSR count). The summed E-state index contributed by atoms with van der Waals surface area (Å²) in [5, 5.41) is 0. The Balaban J connectivity index is 1.87. The second kappa shape index (κ2) is 10.6. The molecule has 3 aromatic carbocycles. The fourth-order valence-electron chi connectivity index (χ4n) is 3.64. The fourth-order valence-corrected chi connectivity index (χ4v) is 3.64. The normalized spacial score (nSPS) is 12.1. The van der Waals surface area contributed by atoms with Crippen LogP contribution in [0.2, 0.25) is 0 Å². The summed E-state index contributed by atoms with van der Waals surface area (Å²) in [6.45, 7) is 4.41. The summed E-state index contributed by atoms with van der Waals surface area (Å²) in [6, 6.07) is 27.7. The van der Waals surface area contributed by atoms with E-state index in [0.717, 1.165) is 12.0 Å². The van der Waals surface area contributed by atoms with Crippen LogP contribution < -0.4 is 0 Å². The number of ether oxygens (including phenoxy) is 2. The highest BCUT2D eigenvalue weighted by Gasteiger charge is 2.40. The van der Waals surface area contributed by atoms with Crippen LogP contribution in [0.15, 0.2) is 91.0 Å². The Kier molecular flexibility index (Phi) is 7.60. The van der Waals surface area contributed by atoms with Crippen molar-refractivity contribution in [1.82, 2.24) is 0 Å². The van der Waals surface area contributed by atoms with Crippen molar-refractivity contribution in [3.8, 4) is 0 Å². The van der Waals surface area contributed by atoms with Gasteiger partial charge in [0.15, 0.2) is 0 Å². The maximum atomic E-state index is 12.7. The molecule has 3 aromatic rings. The van der Waals surface area contributed by atoms with Crippen LogP contribution in [0.5, 0.6) is 0 Å². The number of rotatable bonds is 9. The van der Waals surface area contributed by atoms with Gasteiger partial charge in [-0.05, 0) is 35.7 Å². The van der Waals surface area contributed by atoms with E-state index in [-0.39, 0.29) is 19.1 Å². The molecule has 1 atom stereocenters. The highest BCUT2D eigenvalue weighted by molar-refractivity contribution is 5.90. The van der Waals surface area contributed by atoms with Crippen LogP contribution in [0.25, 0.3) is 0 Å². The number of hydrogen-bond acceptors (Lipinski definition) is 4. The molecule has 0 N–H and O–H groups in total. The minimum atomic E-state index is -0.662. The predicted octanol–water partition coefficient (Wildman–Crippen LogP) is 5.68. The van der Waals surface area contributed by atoms with E-state index in [1.54, 1.807) is 48.5 Å². The largest absolute Gasteiger partial charge is 0.461 e. The molecular weight excluding hydrogens is 388 g/mol. The fraction of sp³-hybridized carbons (Fsp3) is 0.259. The third-order valence-corrected chi connectivity index (χ3v) is 5.85. The van der Waals surface area contributed by atoms with Crippen molar-refractivity contribution in [2.75, 3.05) is 13.2 Å². The van der Waals surface area contributed by atoms with E-state index in [1.807, 2.05) is 42.5 Å². The van der Waals surface area contributed by atoms with Crippen LogP contribution in [0.3, 0.4) is 0 Å². The van der Waals surface area contributed by atoms with E-state index >= 15 is 0 Å². The summed E-state index contributed by atoms with van der Waals surface area (Å²) < 4.78 is 11.6. The highest BCUT2D eigenvalue weighted by Crippen LogP contribution is 2.36. The minimum absolute atomic E-state index is 0.0991. The van der Waals surface area contributed by atoms with Gasteiger partial charge in [-0.2, -0.15) is 0 Å². The molecule has 31 heavy (non-hydrogen) atoms. The van der Waals surface area contributed by atoms with Gasteiger partial charge < -0.3 is 9.47 Å². The molecule has 4 heteroatoms. The molecule has 4 nitrogen and oxygen atoms in total. The van der Waals surface area contributed by atoms with Crippen molar-refractivity contribution in [3.63, 3.8) is 0 Å². The zero-order valence-electron chi connectivity index (χ0n) is 18.0. The molecular formula is C27H28O4. The molecule has 0 aliphatic heterocycles. The first-order valence-corrected chi connectivity index (χ1v) is 10.6. The Morgan fingerprint density at radius 2 is 1.10 bits per heavy atom. The Labute approximate surface area is 183 Å². The molecule has 0 radical (unpaired) electrons. The van der Waals surface area contributed by atoms with Gasteiger partial charge in [0.25, 0.3) is 0 Å². The van der Waals surface area contributed by atoms with Crippen molar-refractivity contribution in [3.05, 3.63) is 108 Å². The van der Waals surface area contributed by atoms with Crippen molar-refractivity contribution >= 4 is 11.9 Å². The molecule has 0 heterocycles. The second-order valence-corrected chi connectivity index (χ2v) is 7.72. The van der Waals surface area contributed by atoms with Gasteiger partial charge in [-0.1, -0.05) is 87.0 Å². The molecule has 1 unspecified atom stereocenters. The molecule has 0 fully saturated rings. The Hall–Kier alpha value is -3.40. The third-order valence-electron chi connectivity index (χ3n) is 5.85. The quantitative estimate of drug-likeness (QED) is 0.421. The van der Waals surface area contributed by atoms with E-state index in [2.05, 4.69) is 13.8 Å². The van der Waals surface area contributed by atoms with Crippen LogP contribution in [0.1, 0.15) is 46.5 Å². The first-order valence-electron chi connectivity index (χ1n) is 10.6. The smallest absolute Gasteiger partial charge is 0.338 e. The van der Waals surface area contributed by atoms with Gasteiger partial charge in [-0.3, -0.25) is 0 Å². The molecule has 0 saturated heterocycles. The average molecular weight is 417 g/mol. The summed E-state index contributed by atoms with van der Waals surface area (Å²) >= 11 is 0. The number of benzene rings is 3. The number of esters is 2. The number of hydrogen-bond donors (Lipinski definition) is 0. The standard InChI is InChI=1S/C27H28O4/c1-3-21(2)27(24-17-11-6-12-18-24,19-30-25(28)22-13-7-4-8-14-22)20-31-26(29)23-15-9-5-10-16-23/h4-18,21H,3,19-20H2,1-2H3. The summed E-state index contributed by atoms with van der Waals surface area (Å²) in [7, 11) is 0. The maximum absolute atomic E-state index is 12.7. The minimum Gasteiger partial charge on any atom is -0.461 e. The van der Waals surface area contributed by atoms with Gasteiger partial charge in [0, 0.05) is 0 Å². The molecule has 0 amide bonds. The maximum Gasteiger partial charge on any atom is 0.338 e. The first-order chi connectivity index (χ1) is 15.1. The van der Waals surface area contributed by atoms with E-state index in [1.165, 1.54) is 0 Å². The summed E-state index contributed by atoms with van der Waals surface area (Å²) in [5.74, 6) is -0.681. The van der Waals surface area contributed by atoms with E-state index in [0.29, 0.717) is 11.1 Å². The van der Waals surface area contributed by atoms with Gasteiger partial charge in [0.2, 0.25) is 0 Å². The van der Waals surface area contributed by atoms with Crippen LogP contribution in [0, 0.1) is 5.92 Å². The second-order valence-electron chi connectivity index (χ2n) is 7.72. The van der Waals surface area contributed by atoms with Crippen molar-refractivity contribution in [1.29, 1.82) is 0 Å². The Morgan fingerprint density at radius 1 is 0.710 bits per heavy atom. The van der Waals surface area contributed by atoms with Crippen molar-refractivity contribution < 1.29 is 19.1 Å². The van der Waals surface area contributed by atoms with Gasteiger partial charge in [0.1, 0.15) is 13.2 Å². The SMILES string of the molecule is CCC(C)C(COC(=O)c1ccccc1)(COC(=O)c1ccccc1)c1ccccc1. The van der Waals surface area contributed by atoms with E-state index < -0.39 is 17.4 Å². The molecule has 0 aliphatic carbocycles. The lowest BCUT2D eigenvalue weighted by Gasteiger charge is -2.38. The summed E-state index contributed by atoms with van der Waals surface area (Å²) in [4.78, 5) is 25.3. The van der Waals surface area contributed by atoms with Gasteiger partial charge >= 0.3 is 11.9 Å². The van der Waals surface area contributed by atoms with Crippen LogP contribution >= 0.6 is 0 Å². The molecule has 0 aliphatic rings. The van der Waals surface area contributed by atoms with Crippen LogP contribution in [0.4, 0.5) is 0 Å². The average Bonchev–Trinajstić information content (AvgIpc) is 2.85. The summed E-state index contributed by atoms with van der Waals surface area (Å²) in [5.41, 5.74) is 1.31. The van der Waals surface area contributed by atoms with E-state index in [4.69, 9.17) is 9.47 Å². The zero-order chi connectivity index (χ0) is 22.1. The third kappa shape index (κ3) is 5.40. The Bertz CT molecular complexity index is 912.